The third-order valence-electron chi connectivity index (χ3n) is 4.58. The molecule has 0 spiro atoms. The van der Waals surface area contributed by atoms with Crippen LogP contribution in [0.3, 0.4) is 0 Å². The van der Waals surface area contributed by atoms with Gasteiger partial charge in [0.1, 0.15) is 17.5 Å². The van der Waals surface area contributed by atoms with Gasteiger partial charge in [0, 0.05) is 17.1 Å². The third-order valence-corrected chi connectivity index (χ3v) is 4.81. The number of benzene rings is 2. The number of amides is 1. The zero-order valence-corrected chi connectivity index (χ0v) is 16.5. The molecular weight excluding hydrogens is 409 g/mol. The topological polar surface area (TPSA) is 81.8 Å². The second kappa shape index (κ2) is 8.46. The van der Waals surface area contributed by atoms with Crippen LogP contribution in [0.4, 0.5) is 4.39 Å². The van der Waals surface area contributed by atoms with E-state index < -0.39 is 5.82 Å². The Kier molecular flexibility index (Phi) is 5.58. The molecule has 4 aromatic rings. The van der Waals surface area contributed by atoms with Crippen LogP contribution in [0.1, 0.15) is 15.9 Å². The Morgan fingerprint density at radius 2 is 1.97 bits per heavy atom. The highest BCUT2D eigenvalue weighted by atomic mass is 35.5. The van der Waals surface area contributed by atoms with Gasteiger partial charge in [-0.05, 0) is 42.0 Å². The van der Waals surface area contributed by atoms with E-state index in [-0.39, 0.29) is 18.0 Å². The average molecular weight is 426 g/mol. The molecule has 30 heavy (non-hydrogen) atoms. The minimum Gasteiger partial charge on any atom is -0.350 e. The number of fused-ring (bicyclic) bond motifs is 1. The monoisotopic (exact) mass is 425 g/mol. The molecule has 0 unspecified atom stereocenters. The van der Waals surface area contributed by atoms with Gasteiger partial charge in [-0.3, -0.25) is 14.2 Å². The van der Waals surface area contributed by atoms with Gasteiger partial charge in [0.25, 0.3) is 11.5 Å². The lowest BCUT2D eigenvalue weighted by Gasteiger charge is -2.08. The van der Waals surface area contributed by atoms with Crippen molar-refractivity contribution >= 4 is 28.5 Å². The Balaban J connectivity index is 1.45. The number of nitrogens with one attached hydrogen (secondary N) is 1. The van der Waals surface area contributed by atoms with Gasteiger partial charge < -0.3 is 5.32 Å². The average Bonchev–Trinajstić information content (AvgIpc) is 3.14. The van der Waals surface area contributed by atoms with Crippen molar-refractivity contribution in [1.29, 1.82) is 0 Å². The number of carbonyl (C=O) groups excluding carboxylic acids is 1. The van der Waals surface area contributed by atoms with Crippen LogP contribution in [0.15, 0.2) is 65.8 Å². The SMILES string of the molecule is O=C(NCCn1ncc2c(=O)n(Cc3cccc(Cl)c3)cnc21)c1ccc(F)cc1. The summed E-state index contributed by atoms with van der Waals surface area (Å²) in [5, 5.41) is 7.95. The van der Waals surface area contributed by atoms with Gasteiger partial charge in [0.15, 0.2) is 5.65 Å². The summed E-state index contributed by atoms with van der Waals surface area (Å²) in [7, 11) is 0. The van der Waals surface area contributed by atoms with Crippen molar-refractivity contribution in [2.45, 2.75) is 13.1 Å². The first kappa shape index (κ1) is 19.8. The van der Waals surface area contributed by atoms with Crippen molar-refractivity contribution < 1.29 is 9.18 Å². The molecule has 2 aromatic heterocycles. The normalized spacial score (nSPS) is 11.0. The van der Waals surface area contributed by atoms with E-state index in [0.717, 1.165) is 5.56 Å². The Morgan fingerprint density at radius 1 is 1.17 bits per heavy atom. The Morgan fingerprint density at radius 3 is 2.73 bits per heavy atom. The summed E-state index contributed by atoms with van der Waals surface area (Å²) < 4.78 is 16.0. The molecule has 9 heteroatoms. The summed E-state index contributed by atoms with van der Waals surface area (Å²) in [6.45, 7) is 0.961. The quantitative estimate of drug-likeness (QED) is 0.515. The fourth-order valence-corrected chi connectivity index (χ4v) is 3.30. The molecule has 0 aliphatic heterocycles. The van der Waals surface area contributed by atoms with Crippen LogP contribution in [-0.4, -0.2) is 31.8 Å². The molecule has 0 saturated carbocycles. The highest BCUT2D eigenvalue weighted by Crippen LogP contribution is 2.12. The Hall–Kier alpha value is -3.52. The van der Waals surface area contributed by atoms with Crippen molar-refractivity contribution in [3.8, 4) is 0 Å². The fourth-order valence-electron chi connectivity index (χ4n) is 3.08. The predicted octanol–water partition coefficient (Wildman–Crippen LogP) is 2.86. The predicted molar refractivity (Wildman–Crippen MR) is 111 cm³/mol. The fraction of sp³-hybridized carbons (Fsp3) is 0.143. The number of rotatable bonds is 6. The van der Waals surface area contributed by atoms with Gasteiger partial charge in [-0.25, -0.2) is 14.1 Å². The maximum absolute atomic E-state index is 13.0. The standard InChI is InChI=1S/C21H17ClFN5O2/c22-16-3-1-2-14(10-16)12-27-13-25-19-18(21(27)30)11-26-28(19)9-8-24-20(29)15-4-6-17(23)7-5-15/h1-7,10-11,13H,8-9,12H2,(H,24,29). The third kappa shape index (κ3) is 4.23. The Bertz CT molecular complexity index is 1270. The van der Waals surface area contributed by atoms with Crippen molar-refractivity contribution in [2.24, 2.45) is 0 Å². The van der Waals surface area contributed by atoms with E-state index in [9.17, 15) is 14.0 Å². The van der Waals surface area contributed by atoms with Crippen LogP contribution >= 0.6 is 11.6 Å². The van der Waals surface area contributed by atoms with Crippen molar-refractivity contribution in [3.05, 3.63) is 93.4 Å². The second-order valence-electron chi connectivity index (χ2n) is 6.68. The summed E-state index contributed by atoms with van der Waals surface area (Å²) in [4.78, 5) is 29.2. The maximum atomic E-state index is 13.0. The molecule has 0 atom stereocenters. The molecule has 0 aliphatic rings. The van der Waals surface area contributed by atoms with E-state index in [1.165, 1.54) is 41.4 Å². The first-order valence-electron chi connectivity index (χ1n) is 9.20. The zero-order valence-electron chi connectivity index (χ0n) is 15.8. The molecule has 0 bridgehead atoms. The van der Waals surface area contributed by atoms with Crippen LogP contribution in [0.25, 0.3) is 11.0 Å². The number of carbonyl (C=O) groups is 1. The van der Waals surface area contributed by atoms with E-state index in [1.807, 2.05) is 12.1 Å². The van der Waals surface area contributed by atoms with Gasteiger partial charge in [-0.15, -0.1) is 0 Å². The van der Waals surface area contributed by atoms with Gasteiger partial charge in [0.2, 0.25) is 0 Å². The smallest absolute Gasteiger partial charge is 0.264 e. The van der Waals surface area contributed by atoms with Crippen LogP contribution in [0.5, 0.6) is 0 Å². The molecule has 0 aliphatic carbocycles. The van der Waals surface area contributed by atoms with Gasteiger partial charge in [-0.1, -0.05) is 23.7 Å². The Labute approximate surface area is 175 Å². The van der Waals surface area contributed by atoms with Crippen molar-refractivity contribution in [2.75, 3.05) is 6.54 Å². The van der Waals surface area contributed by atoms with E-state index >= 15 is 0 Å². The maximum Gasteiger partial charge on any atom is 0.264 e. The zero-order chi connectivity index (χ0) is 21.1. The number of nitrogens with zero attached hydrogens (tertiary/aromatic N) is 4. The molecule has 0 saturated heterocycles. The summed E-state index contributed by atoms with van der Waals surface area (Å²) in [5.41, 5.74) is 1.49. The summed E-state index contributed by atoms with van der Waals surface area (Å²) >= 11 is 6.00. The molecule has 7 nitrogen and oxygen atoms in total. The minimum atomic E-state index is -0.401. The van der Waals surface area contributed by atoms with Crippen LogP contribution in [0.2, 0.25) is 5.02 Å². The van der Waals surface area contributed by atoms with Gasteiger partial charge >= 0.3 is 0 Å². The second-order valence-corrected chi connectivity index (χ2v) is 7.11. The molecule has 4 rings (SSSR count). The molecule has 0 radical (unpaired) electrons. The van der Waals surface area contributed by atoms with Crippen molar-refractivity contribution in [3.63, 3.8) is 0 Å². The first-order chi connectivity index (χ1) is 14.5. The number of hydrogen-bond acceptors (Lipinski definition) is 4. The first-order valence-corrected chi connectivity index (χ1v) is 9.58. The van der Waals surface area contributed by atoms with Crippen LogP contribution < -0.4 is 10.9 Å². The molecule has 1 N–H and O–H groups in total. The molecule has 1 amide bonds. The molecule has 2 aromatic carbocycles. The number of halogens is 2. The largest absolute Gasteiger partial charge is 0.350 e. The lowest BCUT2D eigenvalue weighted by molar-refractivity contribution is 0.0952. The number of hydrogen-bond donors (Lipinski definition) is 1. The van der Waals surface area contributed by atoms with E-state index in [2.05, 4.69) is 15.4 Å². The van der Waals surface area contributed by atoms with Gasteiger partial charge in [-0.2, -0.15) is 5.10 Å². The summed E-state index contributed by atoms with van der Waals surface area (Å²) in [5.74, 6) is -0.718. The minimum absolute atomic E-state index is 0.207. The van der Waals surface area contributed by atoms with Crippen molar-refractivity contribution in [1.82, 2.24) is 24.6 Å². The molecule has 152 valence electrons. The molecule has 0 fully saturated rings. The highest BCUT2D eigenvalue weighted by Gasteiger charge is 2.11. The number of aromatic nitrogens is 4. The lowest BCUT2D eigenvalue weighted by Crippen LogP contribution is -2.27. The van der Waals surface area contributed by atoms with Gasteiger partial charge in [0.05, 0.1) is 19.3 Å². The summed E-state index contributed by atoms with van der Waals surface area (Å²) in [6.07, 6.45) is 2.95. The lowest BCUT2D eigenvalue weighted by atomic mass is 10.2. The van der Waals surface area contributed by atoms with Crippen LogP contribution in [-0.2, 0) is 13.1 Å². The molecule has 2 heterocycles. The highest BCUT2D eigenvalue weighted by molar-refractivity contribution is 6.30. The van der Waals surface area contributed by atoms with E-state index in [1.54, 1.807) is 16.8 Å². The van der Waals surface area contributed by atoms with Crippen LogP contribution in [0, 0.1) is 5.82 Å². The van der Waals surface area contributed by atoms with E-state index in [0.29, 0.717) is 34.7 Å². The molecular formula is C21H17ClFN5O2. The summed E-state index contributed by atoms with van der Waals surface area (Å²) in [6, 6.07) is 12.6. The van der Waals surface area contributed by atoms with E-state index in [4.69, 9.17) is 11.6 Å².